The van der Waals surface area contributed by atoms with E-state index in [0.717, 1.165) is 5.56 Å². The van der Waals surface area contributed by atoms with Crippen LogP contribution in [0, 0.1) is 0 Å². The summed E-state index contributed by atoms with van der Waals surface area (Å²) in [6, 6.07) is 35.0. The van der Waals surface area contributed by atoms with Crippen molar-refractivity contribution < 1.29 is 56.7 Å². The molecule has 61 heavy (non-hydrogen) atoms. The molecule has 2 fully saturated rings. The average molecular weight is 967 g/mol. The maximum absolute atomic E-state index is 13.9. The van der Waals surface area contributed by atoms with E-state index in [2.05, 4.69) is 56.5 Å². The van der Waals surface area contributed by atoms with E-state index in [1.54, 1.807) is 91.0 Å². The number of benzene rings is 4. The molecule has 2 heterocycles. The van der Waals surface area contributed by atoms with Crippen molar-refractivity contribution in [3.05, 3.63) is 144 Å². The normalized spacial score (nSPS) is 26.8. The van der Waals surface area contributed by atoms with Gasteiger partial charge >= 0.3 is 17.9 Å². The van der Waals surface area contributed by atoms with Crippen LogP contribution in [0.15, 0.2) is 121 Å². The molecule has 6 rings (SSSR count). The molecule has 0 bridgehead atoms. The lowest BCUT2D eigenvalue weighted by Crippen LogP contribution is -2.64. The van der Waals surface area contributed by atoms with Crippen molar-refractivity contribution in [1.29, 1.82) is 0 Å². The van der Waals surface area contributed by atoms with Crippen LogP contribution >= 0.6 is 22.6 Å². The highest BCUT2D eigenvalue weighted by Gasteiger charge is 2.55. The molecule has 0 N–H and O–H groups in total. The first kappa shape index (κ1) is 46.5. The summed E-state index contributed by atoms with van der Waals surface area (Å²) in [4.78, 5) is 41.3. The van der Waals surface area contributed by atoms with Gasteiger partial charge in [0.1, 0.15) is 12.2 Å². The van der Waals surface area contributed by atoms with E-state index in [-0.39, 0.29) is 32.3 Å². The van der Waals surface area contributed by atoms with Crippen molar-refractivity contribution in [2.45, 2.75) is 112 Å². The van der Waals surface area contributed by atoms with Crippen molar-refractivity contribution in [2.24, 2.45) is 0 Å². The summed E-state index contributed by atoms with van der Waals surface area (Å²) in [6.45, 7) is 13.0. The van der Waals surface area contributed by atoms with E-state index in [1.165, 1.54) is 7.11 Å². The number of ether oxygens (including phenoxy) is 8. The highest BCUT2D eigenvalue weighted by Crippen LogP contribution is 2.42. The number of rotatable bonds is 15. The summed E-state index contributed by atoms with van der Waals surface area (Å²) in [5.41, 5.74) is 1.74. The third-order valence-electron chi connectivity index (χ3n) is 11.2. The fraction of sp³-hybridized carbons (Fsp3) is 0.426. The van der Waals surface area contributed by atoms with Crippen molar-refractivity contribution in [2.75, 3.05) is 13.7 Å². The largest absolute Gasteiger partial charge is 0.452 e. The summed E-state index contributed by atoms with van der Waals surface area (Å²) in [6.07, 6.45) is -8.73. The molecule has 0 amide bonds. The zero-order chi connectivity index (χ0) is 43.7. The van der Waals surface area contributed by atoms with Crippen molar-refractivity contribution in [1.82, 2.24) is 0 Å². The second-order valence-corrected chi connectivity index (χ2v) is 22.8. The SMILES string of the molecule is CO[C@H]1O[C@H](CO[C@H]2O[C@H](C)[C@@H](OCc3ccccc3)[C@H](O[Si](C)(C)C(C)(C)C)[C@@H]2I)[C@@H](OC(=O)c2ccccc2)[C@H](OC(=O)c2ccccc2)[C@H]1OC(=O)c1ccccc1. The number of halogens is 1. The molecule has 0 radical (unpaired) electrons. The Balaban J connectivity index is 1.32. The Morgan fingerprint density at radius 1 is 0.607 bits per heavy atom. The van der Waals surface area contributed by atoms with Gasteiger partial charge in [-0.2, -0.15) is 0 Å². The fourth-order valence-corrected chi connectivity index (χ4v) is 9.36. The fourth-order valence-electron chi connectivity index (χ4n) is 6.84. The molecule has 2 aliphatic heterocycles. The molecule has 2 aliphatic rings. The van der Waals surface area contributed by atoms with Crippen LogP contribution in [0.5, 0.6) is 0 Å². The third kappa shape index (κ3) is 11.7. The lowest BCUT2D eigenvalue weighted by Gasteiger charge is -2.49. The molecule has 0 unspecified atom stereocenters. The number of alkyl halides is 1. The van der Waals surface area contributed by atoms with E-state index in [9.17, 15) is 14.4 Å². The Kier molecular flexibility index (Phi) is 15.9. The summed E-state index contributed by atoms with van der Waals surface area (Å²) in [5, 5.41) is -0.0983. The minimum atomic E-state index is -2.36. The average Bonchev–Trinajstić information content (AvgIpc) is 3.26. The first-order valence-corrected chi connectivity index (χ1v) is 24.5. The maximum atomic E-state index is 13.9. The van der Waals surface area contributed by atoms with Gasteiger partial charge in [-0.25, -0.2) is 14.4 Å². The number of methoxy groups -OCH3 is 1. The molecule has 12 nitrogen and oxygen atoms in total. The number of carbonyl (C=O) groups excluding carboxylic acids is 3. The van der Waals surface area contributed by atoms with Gasteiger partial charge in [-0.3, -0.25) is 0 Å². The van der Waals surface area contributed by atoms with Crippen LogP contribution in [0.3, 0.4) is 0 Å². The van der Waals surface area contributed by atoms with E-state index >= 15 is 0 Å². The molecular weight excluding hydrogens is 911 g/mol. The van der Waals surface area contributed by atoms with Gasteiger partial charge in [0.2, 0.25) is 0 Å². The molecule has 2 saturated heterocycles. The zero-order valence-electron chi connectivity index (χ0n) is 35.5. The standard InChI is InChI=1S/C47H55IO12Si/c1-30-37(53-28-31-20-12-8-13-21-31)39(60-61(6,7)47(2,3)4)36(48)45(55-30)54-29-35-38(57-42(49)32-22-14-9-15-23-32)40(58-43(50)33-24-16-10-17-25-33)41(46(52-5)56-35)59-44(51)34-26-18-11-19-27-34/h8-27,30,35-41,45-46H,28-29H2,1-7H3/t30-,35-,36+,37-,38-,39-,40+,41-,45+,46+/m1/s1. The molecular formula is C47H55IO12Si. The molecule has 326 valence electrons. The summed E-state index contributed by atoms with van der Waals surface area (Å²) in [7, 11) is -0.979. The van der Waals surface area contributed by atoms with Gasteiger partial charge in [0.15, 0.2) is 39.2 Å². The zero-order valence-corrected chi connectivity index (χ0v) is 38.7. The van der Waals surface area contributed by atoms with Crippen LogP contribution in [0.4, 0.5) is 0 Å². The molecule has 0 aliphatic carbocycles. The molecule has 0 saturated carbocycles. The smallest absolute Gasteiger partial charge is 0.338 e. The molecule has 0 spiro atoms. The predicted octanol–water partition coefficient (Wildman–Crippen LogP) is 8.58. The lowest BCUT2D eigenvalue weighted by atomic mass is 9.97. The van der Waals surface area contributed by atoms with Gasteiger partial charge in [-0.05, 0) is 67.0 Å². The maximum Gasteiger partial charge on any atom is 0.338 e. The molecule has 4 aromatic carbocycles. The van der Waals surface area contributed by atoms with E-state index in [0.29, 0.717) is 6.61 Å². The van der Waals surface area contributed by atoms with Gasteiger partial charge in [0.05, 0.1) is 46.0 Å². The van der Waals surface area contributed by atoms with Crippen LogP contribution in [0.2, 0.25) is 18.1 Å². The highest BCUT2D eigenvalue weighted by atomic mass is 127. The van der Waals surface area contributed by atoms with Crippen LogP contribution < -0.4 is 0 Å². The van der Waals surface area contributed by atoms with Crippen LogP contribution in [0.1, 0.15) is 64.3 Å². The minimum absolute atomic E-state index is 0.0983. The lowest BCUT2D eigenvalue weighted by molar-refractivity contribution is -0.308. The number of hydrogen-bond donors (Lipinski definition) is 0. The minimum Gasteiger partial charge on any atom is -0.452 e. The summed E-state index contributed by atoms with van der Waals surface area (Å²) in [5.74, 6) is -2.19. The van der Waals surface area contributed by atoms with Gasteiger partial charge in [0.25, 0.3) is 0 Å². The van der Waals surface area contributed by atoms with Crippen molar-refractivity contribution >= 4 is 48.8 Å². The Morgan fingerprint density at radius 3 is 1.54 bits per heavy atom. The second-order valence-electron chi connectivity index (χ2n) is 16.6. The number of carbonyl (C=O) groups is 3. The monoisotopic (exact) mass is 966 g/mol. The van der Waals surface area contributed by atoms with Gasteiger partial charge in [-0.15, -0.1) is 0 Å². The molecule has 0 aromatic heterocycles. The third-order valence-corrected chi connectivity index (χ3v) is 17.0. The quantitative estimate of drug-likeness (QED) is 0.0372. The number of hydrogen-bond acceptors (Lipinski definition) is 12. The number of esters is 3. The Morgan fingerprint density at radius 2 is 1.07 bits per heavy atom. The van der Waals surface area contributed by atoms with Gasteiger partial charge < -0.3 is 42.3 Å². The Labute approximate surface area is 372 Å². The van der Waals surface area contributed by atoms with Gasteiger partial charge in [0, 0.05) is 7.11 Å². The molecule has 14 heteroatoms. The summed E-state index contributed by atoms with van der Waals surface area (Å²) < 4.78 is 57.2. The summed E-state index contributed by atoms with van der Waals surface area (Å²) >= 11 is 2.31. The molecule has 10 atom stereocenters. The Bertz CT molecular complexity index is 2020. The Hall–Kier alpha value is -4.00. The first-order valence-electron chi connectivity index (χ1n) is 20.4. The predicted molar refractivity (Wildman–Crippen MR) is 238 cm³/mol. The van der Waals surface area contributed by atoms with E-state index in [4.69, 9.17) is 42.3 Å². The van der Waals surface area contributed by atoms with Crippen molar-refractivity contribution in [3.8, 4) is 0 Å². The van der Waals surface area contributed by atoms with Crippen LogP contribution in [-0.2, 0) is 48.9 Å². The van der Waals surface area contributed by atoms with E-state index in [1.807, 2.05) is 37.3 Å². The van der Waals surface area contributed by atoms with Crippen molar-refractivity contribution in [3.63, 3.8) is 0 Å². The first-order chi connectivity index (χ1) is 29.2. The van der Waals surface area contributed by atoms with E-state index < -0.39 is 81.5 Å². The molecule has 4 aromatic rings. The second kappa shape index (κ2) is 20.9. The van der Waals surface area contributed by atoms with Gasteiger partial charge in [-0.1, -0.05) is 128 Å². The topological polar surface area (TPSA) is 134 Å². The van der Waals surface area contributed by atoms with Crippen LogP contribution in [0.25, 0.3) is 0 Å². The highest BCUT2D eigenvalue weighted by molar-refractivity contribution is 14.1. The van der Waals surface area contributed by atoms with Crippen LogP contribution in [-0.4, -0.2) is 99.2 Å².